The molecule has 4 heteroatoms. The molecule has 0 radical (unpaired) electrons. The van der Waals surface area contributed by atoms with Crippen molar-refractivity contribution in [3.63, 3.8) is 0 Å². The summed E-state index contributed by atoms with van der Waals surface area (Å²) in [4.78, 5) is 11.5. The number of esters is 1. The van der Waals surface area contributed by atoms with E-state index in [9.17, 15) is 4.79 Å². The summed E-state index contributed by atoms with van der Waals surface area (Å²) >= 11 is 9.54. The molecule has 0 N–H and O–H groups in total. The van der Waals surface area contributed by atoms with Crippen LogP contribution in [0.25, 0.3) is 0 Å². The third-order valence-corrected chi connectivity index (χ3v) is 3.53. The number of ether oxygens (including phenoxy) is 1. The van der Waals surface area contributed by atoms with Crippen LogP contribution in [-0.4, -0.2) is 18.0 Å². The minimum Gasteiger partial charge on any atom is -0.465 e. The lowest BCUT2D eigenvalue weighted by molar-refractivity contribution is -0.142. The highest BCUT2D eigenvalue weighted by atomic mass is 79.9. The maximum Gasteiger partial charge on any atom is 0.324 e. The van der Waals surface area contributed by atoms with Crippen molar-refractivity contribution in [1.82, 2.24) is 0 Å². The van der Waals surface area contributed by atoms with Crippen LogP contribution < -0.4 is 0 Å². The van der Waals surface area contributed by atoms with Gasteiger partial charge in [0.2, 0.25) is 0 Å². The van der Waals surface area contributed by atoms with Gasteiger partial charge < -0.3 is 4.74 Å². The van der Waals surface area contributed by atoms with E-state index in [4.69, 9.17) is 16.3 Å². The fraction of sp³-hybridized carbons (Fsp3) is 0.462. The molecule has 1 atom stereocenters. The first kappa shape index (κ1) is 14.5. The zero-order chi connectivity index (χ0) is 13.0. The molecule has 0 heterocycles. The van der Waals surface area contributed by atoms with Gasteiger partial charge in [0, 0.05) is 10.9 Å². The number of carbonyl (C=O) groups is 1. The Hall–Kier alpha value is -0.540. The average molecular weight is 320 g/mol. The summed E-state index contributed by atoms with van der Waals surface area (Å²) in [6, 6.07) is 4.10. The fourth-order valence-corrected chi connectivity index (χ4v) is 2.75. The van der Waals surface area contributed by atoms with Crippen molar-refractivity contribution < 1.29 is 9.53 Å². The first-order valence-corrected chi connectivity index (χ1v) is 6.75. The molecule has 0 aromatic heterocycles. The van der Waals surface area contributed by atoms with Gasteiger partial charge in [0.05, 0.1) is 6.61 Å². The van der Waals surface area contributed by atoms with Gasteiger partial charge in [-0.15, -0.1) is 11.6 Å². The van der Waals surface area contributed by atoms with E-state index in [1.807, 2.05) is 19.9 Å². The van der Waals surface area contributed by atoms with Gasteiger partial charge >= 0.3 is 5.97 Å². The minimum atomic E-state index is -0.632. The van der Waals surface area contributed by atoms with Gasteiger partial charge in [0.15, 0.2) is 0 Å². The van der Waals surface area contributed by atoms with Gasteiger partial charge in [0.25, 0.3) is 0 Å². The van der Waals surface area contributed by atoms with Crippen molar-refractivity contribution in [2.75, 3.05) is 6.61 Å². The second-order valence-corrected chi connectivity index (χ2v) is 5.35. The number of carbonyl (C=O) groups excluding carboxylic acids is 1. The van der Waals surface area contributed by atoms with Crippen molar-refractivity contribution in [2.45, 2.75) is 32.6 Å². The highest BCUT2D eigenvalue weighted by molar-refractivity contribution is 9.10. The molecule has 0 fully saturated rings. The normalized spacial score (nSPS) is 12.3. The summed E-state index contributed by atoms with van der Waals surface area (Å²) in [5.41, 5.74) is 3.37. The Morgan fingerprint density at radius 3 is 2.65 bits per heavy atom. The third kappa shape index (κ3) is 4.00. The fourth-order valence-electron chi connectivity index (χ4n) is 1.70. The molecule has 94 valence electrons. The summed E-state index contributed by atoms with van der Waals surface area (Å²) in [5.74, 6) is -0.360. The molecule has 2 nitrogen and oxygen atoms in total. The molecule has 1 aromatic rings. The number of benzene rings is 1. The number of hydrogen-bond donors (Lipinski definition) is 0. The van der Waals surface area contributed by atoms with Gasteiger partial charge in [-0.25, -0.2) is 0 Å². The number of hydrogen-bond acceptors (Lipinski definition) is 2. The third-order valence-electron chi connectivity index (χ3n) is 2.49. The van der Waals surface area contributed by atoms with E-state index in [0.717, 1.165) is 15.6 Å². The molecular weight excluding hydrogens is 303 g/mol. The van der Waals surface area contributed by atoms with E-state index in [2.05, 4.69) is 22.0 Å². The quantitative estimate of drug-likeness (QED) is 0.623. The molecule has 0 amide bonds. The molecular formula is C13H16BrClO2. The first-order valence-electron chi connectivity index (χ1n) is 5.52. The maximum atomic E-state index is 11.5. The van der Waals surface area contributed by atoms with Gasteiger partial charge in [-0.2, -0.15) is 0 Å². The molecule has 1 aromatic carbocycles. The van der Waals surface area contributed by atoms with Gasteiger partial charge in [-0.3, -0.25) is 4.79 Å². The second kappa shape index (κ2) is 6.41. The second-order valence-electron chi connectivity index (χ2n) is 3.97. The van der Waals surface area contributed by atoms with Gasteiger partial charge in [0.1, 0.15) is 5.38 Å². The molecule has 0 bridgehead atoms. The molecule has 0 spiro atoms. The Balaban J connectivity index is 2.85. The first-order chi connectivity index (χ1) is 7.95. The van der Waals surface area contributed by atoms with Crippen LogP contribution >= 0.6 is 27.5 Å². The number of aryl methyl sites for hydroxylation is 2. The van der Waals surface area contributed by atoms with E-state index in [-0.39, 0.29) is 5.97 Å². The van der Waals surface area contributed by atoms with Crippen LogP contribution in [0.5, 0.6) is 0 Å². The molecule has 1 rings (SSSR count). The number of alkyl halides is 1. The van der Waals surface area contributed by atoms with E-state index >= 15 is 0 Å². The summed E-state index contributed by atoms with van der Waals surface area (Å²) in [6.07, 6.45) is 0.479. The molecule has 0 saturated carbocycles. The predicted molar refractivity (Wildman–Crippen MR) is 73.6 cm³/mol. The van der Waals surface area contributed by atoms with Crippen LogP contribution in [0.2, 0.25) is 0 Å². The Labute approximate surface area is 115 Å². The lowest BCUT2D eigenvalue weighted by atomic mass is 10.0. The van der Waals surface area contributed by atoms with E-state index in [0.29, 0.717) is 13.0 Å². The summed E-state index contributed by atoms with van der Waals surface area (Å²) in [5, 5.41) is -0.632. The molecule has 0 saturated heterocycles. The Morgan fingerprint density at radius 1 is 1.47 bits per heavy atom. The van der Waals surface area contributed by atoms with Crippen molar-refractivity contribution in [2.24, 2.45) is 0 Å². The smallest absolute Gasteiger partial charge is 0.324 e. The largest absolute Gasteiger partial charge is 0.465 e. The molecule has 0 aliphatic carbocycles. The molecule has 17 heavy (non-hydrogen) atoms. The lowest BCUT2D eigenvalue weighted by Crippen LogP contribution is -2.20. The lowest BCUT2D eigenvalue weighted by Gasteiger charge is -2.13. The highest BCUT2D eigenvalue weighted by Gasteiger charge is 2.19. The minimum absolute atomic E-state index is 0.357. The number of rotatable bonds is 4. The number of halogens is 2. The van der Waals surface area contributed by atoms with Crippen LogP contribution in [0.4, 0.5) is 0 Å². The predicted octanol–water partition coefficient (Wildman–Crippen LogP) is 3.78. The summed E-state index contributed by atoms with van der Waals surface area (Å²) < 4.78 is 5.88. The van der Waals surface area contributed by atoms with E-state index in [1.165, 1.54) is 5.56 Å². The molecule has 1 unspecified atom stereocenters. The van der Waals surface area contributed by atoms with Crippen molar-refractivity contribution in [1.29, 1.82) is 0 Å². The topological polar surface area (TPSA) is 26.3 Å². The van der Waals surface area contributed by atoms with Gasteiger partial charge in [-0.05, 0) is 43.5 Å². The van der Waals surface area contributed by atoms with Crippen molar-refractivity contribution in [3.05, 3.63) is 33.3 Å². The average Bonchev–Trinajstić information content (AvgIpc) is 2.23. The Morgan fingerprint density at radius 2 is 2.12 bits per heavy atom. The van der Waals surface area contributed by atoms with Crippen LogP contribution in [0.3, 0.4) is 0 Å². The SMILES string of the molecule is CCOC(=O)C(Cl)Cc1c(C)cc(C)cc1Br. The van der Waals surface area contributed by atoms with Crippen molar-refractivity contribution >= 4 is 33.5 Å². The Bertz CT molecular complexity index is 395. The highest BCUT2D eigenvalue weighted by Crippen LogP contribution is 2.25. The monoisotopic (exact) mass is 318 g/mol. The van der Waals surface area contributed by atoms with E-state index in [1.54, 1.807) is 6.92 Å². The Kier molecular flexibility index (Phi) is 5.47. The van der Waals surface area contributed by atoms with Crippen LogP contribution in [0, 0.1) is 13.8 Å². The summed E-state index contributed by atoms with van der Waals surface area (Å²) in [7, 11) is 0. The van der Waals surface area contributed by atoms with Crippen LogP contribution in [0.1, 0.15) is 23.6 Å². The van der Waals surface area contributed by atoms with Gasteiger partial charge in [-0.1, -0.05) is 22.0 Å². The summed E-state index contributed by atoms with van der Waals surface area (Å²) in [6.45, 7) is 6.18. The van der Waals surface area contributed by atoms with E-state index < -0.39 is 5.38 Å². The standard InChI is InChI=1S/C13H16BrClO2/c1-4-17-13(16)12(15)7-10-9(3)5-8(2)6-11(10)14/h5-6,12H,4,7H2,1-3H3. The zero-order valence-corrected chi connectivity index (χ0v) is 12.6. The van der Waals surface area contributed by atoms with Crippen LogP contribution in [0.15, 0.2) is 16.6 Å². The molecule has 0 aliphatic heterocycles. The van der Waals surface area contributed by atoms with Crippen LogP contribution in [-0.2, 0) is 16.0 Å². The zero-order valence-electron chi connectivity index (χ0n) is 10.2. The molecule has 0 aliphatic rings. The maximum absolute atomic E-state index is 11.5. The van der Waals surface area contributed by atoms with Crippen molar-refractivity contribution in [3.8, 4) is 0 Å².